The molecule has 4 aromatic rings. The molecule has 35 heavy (non-hydrogen) atoms. The molecule has 0 nitrogen and oxygen atoms in total. The highest BCUT2D eigenvalue weighted by molar-refractivity contribution is 7.93. The second-order valence-corrected chi connectivity index (χ2v) is 14.2. The average molecular weight is 492 g/mol. The third kappa shape index (κ3) is 5.46. The lowest BCUT2D eigenvalue weighted by molar-refractivity contribution is 1.18. The third-order valence-electron chi connectivity index (χ3n) is 6.38. The Balaban J connectivity index is 2.09. The van der Waals surface area contributed by atoms with Gasteiger partial charge in [-0.05, 0) is 42.8 Å². The Morgan fingerprint density at radius 1 is 0.686 bits per heavy atom. The minimum Gasteiger partial charge on any atom is -0.0991 e. The van der Waals surface area contributed by atoms with Gasteiger partial charge in [0.2, 0.25) is 0 Å². The molecular formula is C33H33P2+. The molecule has 0 saturated carbocycles. The van der Waals surface area contributed by atoms with Gasteiger partial charge in [0.1, 0.15) is 17.9 Å². The predicted octanol–water partition coefficient (Wildman–Crippen LogP) is 7.78. The molecule has 0 heterocycles. The van der Waals surface area contributed by atoms with E-state index in [2.05, 4.69) is 154 Å². The fraction of sp³-hybridized carbons (Fsp3) is 0.0909. The van der Waals surface area contributed by atoms with Crippen LogP contribution in [-0.2, 0) is 0 Å². The number of rotatable bonds is 9. The van der Waals surface area contributed by atoms with Gasteiger partial charge in [-0.2, -0.15) is 0 Å². The van der Waals surface area contributed by atoms with Gasteiger partial charge in [-0.3, -0.25) is 0 Å². The van der Waals surface area contributed by atoms with E-state index in [1.165, 1.54) is 26.5 Å². The van der Waals surface area contributed by atoms with Crippen molar-refractivity contribution < 1.29 is 0 Å². The highest BCUT2D eigenvalue weighted by Gasteiger charge is 2.43. The first-order valence-corrected chi connectivity index (χ1v) is 15.7. The molecule has 0 aliphatic carbocycles. The average Bonchev–Trinajstić information content (AvgIpc) is 2.94. The highest BCUT2D eigenvalue weighted by atomic mass is 31.2. The number of hydrogen-bond donors (Lipinski definition) is 0. The Hall–Kier alpha value is -3.04. The van der Waals surface area contributed by atoms with Crippen LogP contribution in [0.15, 0.2) is 157 Å². The standard InChI is InChI=1S/C33H33P2/c1-4-6-27-32(34(28-19-11-7-12-20-28)29-21-13-8-14-22-29)33(5-2)35(3,30-23-15-9-16-24-30)31-25-17-10-18-26-31/h4,6-27H,1,5H2,2-3H3/q+1/b27-6-,33-32-. The molecule has 0 aliphatic rings. The second-order valence-electron chi connectivity index (χ2n) is 8.46. The predicted molar refractivity (Wildman–Crippen MR) is 161 cm³/mol. The van der Waals surface area contributed by atoms with Crippen molar-refractivity contribution in [2.75, 3.05) is 6.66 Å². The summed E-state index contributed by atoms with van der Waals surface area (Å²) < 4.78 is 0. The number of benzene rings is 4. The van der Waals surface area contributed by atoms with E-state index >= 15 is 0 Å². The zero-order valence-corrected chi connectivity index (χ0v) is 22.4. The summed E-state index contributed by atoms with van der Waals surface area (Å²) in [6, 6.07) is 44.2. The van der Waals surface area contributed by atoms with Gasteiger partial charge < -0.3 is 0 Å². The van der Waals surface area contributed by atoms with Crippen LogP contribution in [0.25, 0.3) is 0 Å². The lowest BCUT2D eigenvalue weighted by atomic mass is 10.3. The molecule has 0 fully saturated rings. The first-order chi connectivity index (χ1) is 17.2. The first-order valence-electron chi connectivity index (χ1n) is 12.1. The van der Waals surface area contributed by atoms with Crippen LogP contribution in [0.3, 0.4) is 0 Å². The van der Waals surface area contributed by atoms with Gasteiger partial charge in [-0.25, -0.2) is 0 Å². The molecule has 0 N–H and O–H groups in total. The molecular weight excluding hydrogens is 458 g/mol. The molecule has 4 rings (SSSR count). The maximum Gasteiger partial charge on any atom is 0.105 e. The van der Waals surface area contributed by atoms with Crippen molar-refractivity contribution in [3.8, 4) is 0 Å². The van der Waals surface area contributed by atoms with E-state index in [0.717, 1.165) is 6.42 Å². The first kappa shape index (κ1) is 25.1. The summed E-state index contributed by atoms with van der Waals surface area (Å²) in [6.07, 6.45) is 7.34. The molecule has 0 aromatic heterocycles. The van der Waals surface area contributed by atoms with Gasteiger partial charge >= 0.3 is 0 Å². The summed E-state index contributed by atoms with van der Waals surface area (Å²) in [4.78, 5) is 0. The van der Waals surface area contributed by atoms with E-state index < -0.39 is 15.2 Å². The van der Waals surface area contributed by atoms with E-state index in [4.69, 9.17) is 0 Å². The van der Waals surface area contributed by atoms with Crippen molar-refractivity contribution >= 4 is 36.4 Å². The van der Waals surface area contributed by atoms with Crippen LogP contribution in [0.4, 0.5) is 0 Å². The van der Waals surface area contributed by atoms with Crippen LogP contribution in [0.2, 0.25) is 0 Å². The van der Waals surface area contributed by atoms with Gasteiger partial charge in [0.25, 0.3) is 0 Å². The largest absolute Gasteiger partial charge is 0.105 e. The molecule has 0 aliphatic heterocycles. The molecule has 0 radical (unpaired) electrons. The molecule has 4 aromatic carbocycles. The molecule has 0 atom stereocenters. The van der Waals surface area contributed by atoms with E-state index in [9.17, 15) is 0 Å². The number of allylic oxidation sites excluding steroid dienone is 5. The summed E-state index contributed by atoms with van der Waals surface area (Å²) in [5.41, 5.74) is 0. The van der Waals surface area contributed by atoms with E-state index in [-0.39, 0.29) is 0 Å². The molecule has 2 heteroatoms. The Labute approximate surface area is 212 Å². The fourth-order valence-electron chi connectivity index (χ4n) is 4.68. The van der Waals surface area contributed by atoms with Crippen molar-refractivity contribution in [1.29, 1.82) is 0 Å². The van der Waals surface area contributed by atoms with Gasteiger partial charge in [-0.15, -0.1) is 0 Å². The summed E-state index contributed by atoms with van der Waals surface area (Å²) in [7, 11) is -2.61. The minimum atomic E-state index is -1.87. The van der Waals surface area contributed by atoms with Crippen LogP contribution in [0.5, 0.6) is 0 Å². The lowest BCUT2D eigenvalue weighted by Gasteiger charge is -2.30. The van der Waals surface area contributed by atoms with Crippen molar-refractivity contribution in [1.82, 2.24) is 0 Å². The van der Waals surface area contributed by atoms with Crippen molar-refractivity contribution in [3.05, 3.63) is 157 Å². The Bertz CT molecular complexity index is 1200. The third-order valence-corrected chi connectivity index (χ3v) is 13.4. The lowest BCUT2D eigenvalue weighted by Crippen LogP contribution is -2.24. The van der Waals surface area contributed by atoms with Gasteiger partial charge in [0, 0.05) is 11.7 Å². The topological polar surface area (TPSA) is 0 Å². The SMILES string of the molecule is C=C/C=C\C(=C(/CC)[P+](C)(c1ccccc1)c1ccccc1)P(c1ccccc1)c1ccccc1. The van der Waals surface area contributed by atoms with Crippen LogP contribution < -0.4 is 21.2 Å². The highest BCUT2D eigenvalue weighted by Crippen LogP contribution is 2.65. The number of hydrogen-bond acceptors (Lipinski definition) is 0. The molecule has 0 unspecified atom stereocenters. The van der Waals surface area contributed by atoms with Crippen molar-refractivity contribution in [2.24, 2.45) is 0 Å². The van der Waals surface area contributed by atoms with Gasteiger partial charge in [-0.1, -0.05) is 129 Å². The molecule has 0 saturated heterocycles. The smallest absolute Gasteiger partial charge is 0.0991 e. The van der Waals surface area contributed by atoms with Gasteiger partial charge in [0.15, 0.2) is 0 Å². The summed E-state index contributed by atoms with van der Waals surface area (Å²) in [5, 5.41) is 8.56. The fourth-order valence-corrected chi connectivity index (χ4v) is 11.6. The summed E-state index contributed by atoms with van der Waals surface area (Å²) in [5.74, 6) is 0. The monoisotopic (exact) mass is 491 g/mol. The van der Waals surface area contributed by atoms with Crippen molar-refractivity contribution in [2.45, 2.75) is 13.3 Å². The quantitative estimate of drug-likeness (QED) is 0.166. The summed E-state index contributed by atoms with van der Waals surface area (Å²) in [6.45, 7) is 8.83. The van der Waals surface area contributed by atoms with Crippen LogP contribution in [-0.4, -0.2) is 6.66 Å². The molecule has 0 bridgehead atoms. The normalized spacial score (nSPS) is 12.5. The molecule has 174 valence electrons. The second kappa shape index (κ2) is 12.1. The van der Waals surface area contributed by atoms with Crippen LogP contribution >= 0.6 is 15.2 Å². The van der Waals surface area contributed by atoms with Gasteiger partial charge in [0.05, 0.1) is 12.0 Å². The maximum absolute atomic E-state index is 4.01. The van der Waals surface area contributed by atoms with E-state index in [1.54, 1.807) is 5.31 Å². The van der Waals surface area contributed by atoms with E-state index in [0.29, 0.717) is 0 Å². The summed E-state index contributed by atoms with van der Waals surface area (Å²) >= 11 is 0. The Morgan fingerprint density at radius 3 is 1.46 bits per heavy atom. The molecule has 0 amide bonds. The van der Waals surface area contributed by atoms with Crippen LogP contribution in [0, 0.1) is 0 Å². The molecule has 0 spiro atoms. The van der Waals surface area contributed by atoms with Crippen LogP contribution in [0.1, 0.15) is 13.3 Å². The minimum absolute atomic E-state index is 0.743. The Morgan fingerprint density at radius 2 is 1.09 bits per heavy atom. The maximum atomic E-state index is 4.01. The Kier molecular flexibility index (Phi) is 8.65. The van der Waals surface area contributed by atoms with Crippen molar-refractivity contribution in [3.63, 3.8) is 0 Å². The zero-order valence-electron chi connectivity index (χ0n) is 20.6. The van der Waals surface area contributed by atoms with E-state index in [1.807, 2.05) is 6.08 Å². The zero-order chi connectivity index (χ0) is 24.5.